The number of fused-ring (bicyclic) bond motifs is 1. The molecule has 4 aromatic rings. The Balaban J connectivity index is 1.47. The minimum absolute atomic E-state index is 0.0981. The van der Waals surface area contributed by atoms with E-state index in [9.17, 15) is 4.79 Å². The number of thiazole rings is 1. The zero-order chi connectivity index (χ0) is 21.4. The van der Waals surface area contributed by atoms with Crippen molar-refractivity contribution in [1.82, 2.24) is 10.3 Å². The van der Waals surface area contributed by atoms with Crippen LogP contribution in [0.4, 0.5) is 5.13 Å². The number of carbonyl (C=O) groups is 1. The van der Waals surface area contributed by atoms with Crippen LogP contribution in [0.5, 0.6) is 0 Å². The average Bonchev–Trinajstić information content (AvgIpc) is 3.31. The van der Waals surface area contributed by atoms with Crippen LogP contribution in [0.3, 0.4) is 0 Å². The van der Waals surface area contributed by atoms with Crippen molar-refractivity contribution in [2.45, 2.75) is 13.8 Å². The number of nitrogens with zero attached hydrogens (tertiary/aromatic N) is 1. The van der Waals surface area contributed by atoms with Gasteiger partial charge in [0.15, 0.2) is 16.0 Å². The van der Waals surface area contributed by atoms with Gasteiger partial charge in [-0.25, -0.2) is 4.98 Å². The van der Waals surface area contributed by atoms with E-state index in [1.165, 1.54) is 16.9 Å². The fourth-order valence-corrected chi connectivity index (χ4v) is 4.71. The first-order valence-corrected chi connectivity index (χ1v) is 10.8. The summed E-state index contributed by atoms with van der Waals surface area (Å²) in [5, 5.41) is 7.07. The molecule has 0 saturated heterocycles. The fourth-order valence-electron chi connectivity index (χ4n) is 3.02. The maximum atomic E-state index is 12.5. The first-order valence-electron chi connectivity index (χ1n) is 8.86. The van der Waals surface area contributed by atoms with Crippen molar-refractivity contribution in [3.63, 3.8) is 0 Å². The Labute approximate surface area is 192 Å². The Bertz CT molecular complexity index is 1300. The fraction of sp³-hybridized carbons (Fsp3) is 0.0952. The molecule has 2 aromatic carbocycles. The van der Waals surface area contributed by atoms with Crippen LogP contribution in [-0.2, 0) is 0 Å². The average molecular weight is 476 g/mol. The summed E-state index contributed by atoms with van der Waals surface area (Å²) in [6, 6.07) is 12.5. The van der Waals surface area contributed by atoms with Crippen molar-refractivity contribution in [3.8, 4) is 11.3 Å². The highest BCUT2D eigenvalue weighted by Gasteiger charge is 2.17. The Morgan fingerprint density at radius 2 is 1.97 bits per heavy atom. The molecule has 0 atom stereocenters. The van der Waals surface area contributed by atoms with Crippen molar-refractivity contribution in [3.05, 3.63) is 69.4 Å². The van der Waals surface area contributed by atoms with Gasteiger partial charge in [-0.2, -0.15) is 0 Å². The Kier molecular flexibility index (Phi) is 5.79. The molecule has 0 aliphatic rings. The predicted octanol–water partition coefficient (Wildman–Crippen LogP) is 6.61. The lowest BCUT2D eigenvalue weighted by Crippen LogP contribution is -2.33. The standard InChI is InChI=1S/C21H15Cl2N3O2S2/c1-10-8-11(2)18-16(9-10)30-21(24-18)26-20(29)25-19(27)15-7-6-14(28-15)12-4-3-5-13(22)17(12)23/h3-9H,1-2H3,(H2,24,25,26,27,29). The Hall–Kier alpha value is -2.45. The van der Waals surface area contributed by atoms with E-state index in [2.05, 4.69) is 27.8 Å². The van der Waals surface area contributed by atoms with E-state index in [0.717, 1.165) is 15.8 Å². The second kappa shape index (κ2) is 8.35. The SMILES string of the molecule is Cc1cc(C)c2nc(NC(=S)NC(=O)c3ccc(-c4cccc(Cl)c4Cl)o3)sc2c1. The van der Waals surface area contributed by atoms with Crippen LogP contribution < -0.4 is 10.6 Å². The van der Waals surface area contributed by atoms with Crippen LogP contribution in [0.2, 0.25) is 10.0 Å². The number of anilines is 1. The van der Waals surface area contributed by atoms with E-state index in [1.807, 2.05) is 13.8 Å². The highest BCUT2D eigenvalue weighted by molar-refractivity contribution is 7.80. The summed E-state index contributed by atoms with van der Waals surface area (Å²) >= 11 is 19.0. The molecular formula is C21H15Cl2N3O2S2. The molecule has 0 radical (unpaired) electrons. The molecule has 0 fully saturated rings. The van der Waals surface area contributed by atoms with Crippen molar-refractivity contribution in [2.75, 3.05) is 5.32 Å². The van der Waals surface area contributed by atoms with E-state index in [0.29, 0.717) is 26.5 Å². The molecule has 5 nitrogen and oxygen atoms in total. The molecular weight excluding hydrogens is 461 g/mol. The number of thiocarbonyl (C=S) groups is 1. The molecule has 0 saturated carbocycles. The summed E-state index contributed by atoms with van der Waals surface area (Å²) in [5.74, 6) is 0.0505. The van der Waals surface area contributed by atoms with Gasteiger partial charge in [-0.15, -0.1) is 0 Å². The minimum Gasteiger partial charge on any atom is -0.451 e. The molecule has 0 unspecified atom stereocenters. The monoisotopic (exact) mass is 475 g/mol. The molecule has 9 heteroatoms. The summed E-state index contributed by atoms with van der Waals surface area (Å²) in [5.41, 5.74) is 3.77. The number of amides is 1. The highest BCUT2D eigenvalue weighted by Crippen LogP contribution is 2.34. The van der Waals surface area contributed by atoms with Crippen molar-refractivity contribution < 1.29 is 9.21 Å². The van der Waals surface area contributed by atoms with Crippen molar-refractivity contribution >= 4 is 73.1 Å². The third kappa shape index (κ3) is 4.20. The molecule has 0 spiro atoms. The second-order valence-corrected chi connectivity index (χ2v) is 8.85. The summed E-state index contributed by atoms with van der Waals surface area (Å²) in [6.07, 6.45) is 0. The quantitative estimate of drug-likeness (QED) is 0.326. The molecule has 2 heterocycles. The molecule has 2 N–H and O–H groups in total. The van der Waals surface area contributed by atoms with E-state index in [4.69, 9.17) is 39.8 Å². The molecule has 30 heavy (non-hydrogen) atoms. The lowest BCUT2D eigenvalue weighted by molar-refractivity contribution is 0.0951. The van der Waals surface area contributed by atoms with Gasteiger partial charge in [-0.3, -0.25) is 10.1 Å². The summed E-state index contributed by atoms with van der Waals surface area (Å²) in [7, 11) is 0. The number of hydrogen-bond acceptors (Lipinski definition) is 5. The smallest absolute Gasteiger partial charge is 0.293 e. The topological polar surface area (TPSA) is 67.2 Å². The van der Waals surface area contributed by atoms with Crippen LogP contribution in [-0.4, -0.2) is 16.0 Å². The first-order chi connectivity index (χ1) is 14.3. The summed E-state index contributed by atoms with van der Waals surface area (Å²) in [4.78, 5) is 17.1. The minimum atomic E-state index is -0.481. The predicted molar refractivity (Wildman–Crippen MR) is 127 cm³/mol. The van der Waals surface area contributed by atoms with E-state index < -0.39 is 5.91 Å². The maximum absolute atomic E-state index is 12.5. The molecule has 2 aromatic heterocycles. The largest absolute Gasteiger partial charge is 0.451 e. The first kappa shape index (κ1) is 20.8. The molecule has 152 valence electrons. The Morgan fingerprint density at radius 1 is 1.17 bits per heavy atom. The highest BCUT2D eigenvalue weighted by atomic mass is 35.5. The number of halogens is 2. The lowest BCUT2D eigenvalue weighted by atomic mass is 10.1. The number of rotatable bonds is 3. The number of benzene rings is 2. The van der Waals surface area contributed by atoms with Gasteiger partial charge in [0.1, 0.15) is 5.76 Å². The molecule has 0 aliphatic heterocycles. The zero-order valence-electron chi connectivity index (χ0n) is 15.9. The summed E-state index contributed by atoms with van der Waals surface area (Å²) < 4.78 is 6.69. The third-order valence-corrected chi connectivity index (χ3v) is 6.27. The summed E-state index contributed by atoms with van der Waals surface area (Å²) in [6.45, 7) is 4.05. The van der Waals surface area contributed by atoms with Crippen LogP contribution >= 0.6 is 46.8 Å². The van der Waals surface area contributed by atoms with Gasteiger partial charge in [0, 0.05) is 5.56 Å². The number of nitrogens with one attached hydrogen (secondary N) is 2. The van der Waals surface area contributed by atoms with Gasteiger partial charge < -0.3 is 9.73 Å². The number of furan rings is 1. The van der Waals surface area contributed by atoms with E-state index in [1.54, 1.807) is 30.3 Å². The lowest BCUT2D eigenvalue weighted by Gasteiger charge is -2.05. The molecule has 0 bridgehead atoms. The van der Waals surface area contributed by atoms with Crippen LogP contribution in [0, 0.1) is 13.8 Å². The van der Waals surface area contributed by atoms with E-state index in [-0.39, 0.29) is 10.9 Å². The van der Waals surface area contributed by atoms with Crippen molar-refractivity contribution in [2.24, 2.45) is 0 Å². The maximum Gasteiger partial charge on any atom is 0.293 e. The van der Waals surface area contributed by atoms with Crippen LogP contribution in [0.1, 0.15) is 21.7 Å². The number of carbonyl (C=O) groups excluding carboxylic acids is 1. The van der Waals surface area contributed by atoms with Gasteiger partial charge in [-0.1, -0.05) is 46.7 Å². The number of aromatic nitrogens is 1. The zero-order valence-corrected chi connectivity index (χ0v) is 19.0. The van der Waals surface area contributed by atoms with Crippen LogP contribution in [0.15, 0.2) is 46.9 Å². The van der Waals surface area contributed by atoms with Crippen LogP contribution in [0.25, 0.3) is 21.5 Å². The third-order valence-electron chi connectivity index (χ3n) is 4.32. The molecule has 4 rings (SSSR count). The van der Waals surface area contributed by atoms with E-state index >= 15 is 0 Å². The number of aryl methyl sites for hydroxylation is 2. The Morgan fingerprint density at radius 3 is 2.77 bits per heavy atom. The van der Waals surface area contributed by atoms with Gasteiger partial charge in [0.2, 0.25) is 0 Å². The normalized spacial score (nSPS) is 10.9. The van der Waals surface area contributed by atoms with Gasteiger partial charge >= 0.3 is 0 Å². The van der Waals surface area contributed by atoms with Gasteiger partial charge in [0.25, 0.3) is 5.91 Å². The van der Waals surface area contributed by atoms with Gasteiger partial charge in [0.05, 0.1) is 20.3 Å². The second-order valence-electron chi connectivity index (χ2n) is 6.62. The van der Waals surface area contributed by atoms with Crippen molar-refractivity contribution in [1.29, 1.82) is 0 Å². The number of hydrogen-bond donors (Lipinski definition) is 2. The molecule has 0 aliphatic carbocycles. The van der Waals surface area contributed by atoms with Gasteiger partial charge in [-0.05, 0) is 67.5 Å². The molecule has 1 amide bonds.